The third-order valence-electron chi connectivity index (χ3n) is 4.65. The monoisotopic (exact) mass is 267 g/mol. The molecule has 0 unspecified atom stereocenters. The number of piperidine rings is 1. The second-order valence-corrected chi connectivity index (χ2v) is 6.55. The van der Waals surface area contributed by atoms with Gasteiger partial charge in [-0.15, -0.1) is 0 Å². The molecule has 0 amide bonds. The van der Waals surface area contributed by atoms with Gasteiger partial charge in [0.05, 0.1) is 0 Å². The average Bonchev–Trinajstić information content (AvgIpc) is 2.91. The lowest BCUT2D eigenvalue weighted by Crippen LogP contribution is -2.46. The summed E-state index contributed by atoms with van der Waals surface area (Å²) in [5, 5.41) is 3.43. The van der Waals surface area contributed by atoms with Gasteiger partial charge in [0.1, 0.15) is 0 Å². The van der Waals surface area contributed by atoms with Gasteiger partial charge >= 0.3 is 0 Å². The molecule has 5 heteroatoms. The number of hydrogen-bond donors (Lipinski definition) is 3. The summed E-state index contributed by atoms with van der Waals surface area (Å²) in [5.74, 6) is 6.35. The van der Waals surface area contributed by atoms with Crippen molar-refractivity contribution in [3.05, 3.63) is 0 Å². The van der Waals surface area contributed by atoms with E-state index in [-0.39, 0.29) is 0 Å². The second-order valence-electron chi connectivity index (χ2n) is 6.55. The van der Waals surface area contributed by atoms with E-state index in [1.165, 1.54) is 51.6 Å². The molecule has 2 aliphatic rings. The Bertz CT molecular complexity index is 301. The summed E-state index contributed by atoms with van der Waals surface area (Å²) in [6.07, 6.45) is 7.55. The van der Waals surface area contributed by atoms with Gasteiger partial charge in [0, 0.05) is 12.6 Å². The highest BCUT2D eigenvalue weighted by Crippen LogP contribution is 2.30. The molecular formula is C14H29N5. The predicted octanol–water partition coefficient (Wildman–Crippen LogP) is 1.07. The lowest BCUT2D eigenvalue weighted by molar-refractivity contribution is 0.147. The van der Waals surface area contributed by atoms with E-state index in [9.17, 15) is 0 Å². The average molecular weight is 267 g/mol. The molecule has 1 heterocycles. The van der Waals surface area contributed by atoms with Gasteiger partial charge in [-0.05, 0) is 51.2 Å². The first-order chi connectivity index (χ1) is 9.11. The molecule has 1 saturated carbocycles. The van der Waals surface area contributed by atoms with Gasteiger partial charge in [-0.25, -0.2) is 5.84 Å². The maximum Gasteiger partial charge on any atom is 0.205 e. The van der Waals surface area contributed by atoms with Crippen molar-refractivity contribution >= 4 is 5.96 Å². The Hall–Kier alpha value is -0.810. The fourth-order valence-electron chi connectivity index (χ4n) is 2.98. The van der Waals surface area contributed by atoms with Gasteiger partial charge in [-0.2, -0.15) is 0 Å². The van der Waals surface area contributed by atoms with Crippen molar-refractivity contribution in [1.82, 2.24) is 15.6 Å². The normalized spacial score (nSPS) is 25.5. The van der Waals surface area contributed by atoms with E-state index >= 15 is 0 Å². The summed E-state index contributed by atoms with van der Waals surface area (Å²) in [7, 11) is 2.19. The van der Waals surface area contributed by atoms with Gasteiger partial charge in [0.15, 0.2) is 0 Å². The van der Waals surface area contributed by atoms with Crippen LogP contribution in [0.4, 0.5) is 0 Å². The maximum atomic E-state index is 5.58. The summed E-state index contributed by atoms with van der Waals surface area (Å²) in [6.45, 7) is 5.55. The van der Waals surface area contributed by atoms with Crippen LogP contribution in [-0.4, -0.2) is 43.6 Å². The number of nitrogens with two attached hydrogens (primary N) is 1. The van der Waals surface area contributed by atoms with E-state index < -0.39 is 0 Å². The van der Waals surface area contributed by atoms with Crippen LogP contribution < -0.4 is 16.6 Å². The zero-order valence-electron chi connectivity index (χ0n) is 12.4. The lowest BCUT2D eigenvalue weighted by Gasteiger charge is -2.36. The number of rotatable bonds is 3. The van der Waals surface area contributed by atoms with Gasteiger partial charge in [0.25, 0.3) is 0 Å². The highest BCUT2D eigenvalue weighted by Gasteiger charge is 2.28. The molecule has 0 atom stereocenters. The molecule has 0 aromatic carbocycles. The molecule has 110 valence electrons. The van der Waals surface area contributed by atoms with E-state index in [1.54, 1.807) is 0 Å². The van der Waals surface area contributed by atoms with Crippen molar-refractivity contribution in [3.63, 3.8) is 0 Å². The van der Waals surface area contributed by atoms with Crippen LogP contribution in [0.3, 0.4) is 0 Å². The fourth-order valence-corrected chi connectivity index (χ4v) is 2.98. The Morgan fingerprint density at radius 2 is 1.95 bits per heavy atom. The SMILES string of the molecule is CN1CCC(C)(CN=C(NN)NC2CCCC2)CC1. The molecule has 2 fully saturated rings. The molecule has 5 nitrogen and oxygen atoms in total. The highest BCUT2D eigenvalue weighted by molar-refractivity contribution is 5.79. The van der Waals surface area contributed by atoms with Crippen molar-refractivity contribution in [3.8, 4) is 0 Å². The molecule has 0 spiro atoms. The number of hydrazine groups is 1. The molecule has 1 saturated heterocycles. The van der Waals surface area contributed by atoms with E-state index in [1.807, 2.05) is 0 Å². The van der Waals surface area contributed by atoms with Crippen LogP contribution in [0.15, 0.2) is 4.99 Å². The molecule has 2 rings (SSSR count). The zero-order chi connectivity index (χ0) is 13.7. The first-order valence-electron chi connectivity index (χ1n) is 7.57. The molecule has 0 bridgehead atoms. The van der Waals surface area contributed by atoms with E-state index in [2.05, 4.69) is 34.6 Å². The molecule has 19 heavy (non-hydrogen) atoms. The van der Waals surface area contributed by atoms with E-state index in [0.717, 1.165) is 12.5 Å². The van der Waals surface area contributed by atoms with Crippen molar-refractivity contribution in [2.45, 2.75) is 51.5 Å². The van der Waals surface area contributed by atoms with Crippen LogP contribution >= 0.6 is 0 Å². The quantitative estimate of drug-likeness (QED) is 0.310. The van der Waals surface area contributed by atoms with Crippen molar-refractivity contribution < 1.29 is 0 Å². The van der Waals surface area contributed by atoms with Gasteiger partial charge in [-0.1, -0.05) is 19.8 Å². The van der Waals surface area contributed by atoms with Crippen molar-refractivity contribution in [2.75, 3.05) is 26.7 Å². The number of likely N-dealkylation sites (tertiary alicyclic amines) is 1. The van der Waals surface area contributed by atoms with Crippen LogP contribution in [-0.2, 0) is 0 Å². The minimum Gasteiger partial charge on any atom is -0.353 e. The van der Waals surface area contributed by atoms with Crippen LogP contribution in [0.25, 0.3) is 0 Å². The van der Waals surface area contributed by atoms with E-state index in [4.69, 9.17) is 5.84 Å². The minimum atomic E-state index is 0.325. The number of nitrogens with zero attached hydrogens (tertiary/aromatic N) is 2. The van der Waals surface area contributed by atoms with Crippen LogP contribution in [0, 0.1) is 5.41 Å². The summed E-state index contributed by atoms with van der Waals surface area (Å²) in [5.41, 5.74) is 3.05. The number of guanidine groups is 1. The molecule has 4 N–H and O–H groups in total. The largest absolute Gasteiger partial charge is 0.353 e. The number of aliphatic imine (C=N–C) groups is 1. The summed E-state index contributed by atoms with van der Waals surface area (Å²) >= 11 is 0. The first-order valence-corrected chi connectivity index (χ1v) is 7.57. The standard InChI is InChI=1S/C14H29N5/c1-14(7-9-19(2)10-8-14)11-16-13(18-15)17-12-5-3-4-6-12/h12H,3-11,15H2,1-2H3,(H2,16,17,18). The van der Waals surface area contributed by atoms with Crippen LogP contribution in [0.2, 0.25) is 0 Å². The smallest absolute Gasteiger partial charge is 0.205 e. The highest BCUT2D eigenvalue weighted by atomic mass is 15.3. The molecule has 1 aliphatic heterocycles. The summed E-state index contributed by atoms with van der Waals surface area (Å²) < 4.78 is 0. The molecule has 0 aromatic rings. The minimum absolute atomic E-state index is 0.325. The zero-order valence-corrected chi connectivity index (χ0v) is 12.4. The third-order valence-corrected chi connectivity index (χ3v) is 4.65. The Labute approximate surface area is 117 Å². The molecule has 1 aliphatic carbocycles. The topological polar surface area (TPSA) is 65.7 Å². The lowest BCUT2D eigenvalue weighted by atomic mass is 9.80. The Morgan fingerprint density at radius 1 is 1.32 bits per heavy atom. The second kappa shape index (κ2) is 6.57. The van der Waals surface area contributed by atoms with Gasteiger partial charge in [-0.3, -0.25) is 10.4 Å². The third kappa shape index (κ3) is 4.35. The maximum absolute atomic E-state index is 5.58. The molecular weight excluding hydrogens is 238 g/mol. The van der Waals surface area contributed by atoms with Crippen molar-refractivity contribution in [2.24, 2.45) is 16.3 Å². The van der Waals surface area contributed by atoms with E-state index in [0.29, 0.717) is 11.5 Å². The van der Waals surface area contributed by atoms with Gasteiger partial charge < -0.3 is 10.2 Å². The predicted molar refractivity (Wildman–Crippen MR) is 79.9 cm³/mol. The number of hydrogen-bond acceptors (Lipinski definition) is 3. The van der Waals surface area contributed by atoms with Crippen LogP contribution in [0.1, 0.15) is 45.4 Å². The Morgan fingerprint density at radius 3 is 2.53 bits per heavy atom. The Balaban J connectivity index is 1.84. The summed E-state index contributed by atoms with van der Waals surface area (Å²) in [4.78, 5) is 7.07. The molecule has 0 aromatic heterocycles. The van der Waals surface area contributed by atoms with Gasteiger partial charge in [0.2, 0.25) is 5.96 Å². The van der Waals surface area contributed by atoms with Crippen LogP contribution in [0.5, 0.6) is 0 Å². The number of nitrogens with one attached hydrogen (secondary N) is 2. The van der Waals surface area contributed by atoms with Crippen molar-refractivity contribution in [1.29, 1.82) is 0 Å². The molecule has 0 radical (unpaired) electrons. The first kappa shape index (κ1) is 14.6. The Kier molecular flexibility index (Phi) is 5.05. The fraction of sp³-hybridized carbons (Fsp3) is 0.929. The summed E-state index contributed by atoms with van der Waals surface area (Å²) in [6, 6.07) is 0.556.